The molecule has 0 saturated carbocycles. The first-order chi connectivity index (χ1) is 4.22. The van der Waals surface area contributed by atoms with Gasteiger partial charge in [0.2, 0.25) is 5.91 Å². The van der Waals surface area contributed by atoms with Gasteiger partial charge in [0.25, 0.3) is 0 Å². The van der Waals surface area contributed by atoms with Crippen molar-refractivity contribution in [2.75, 3.05) is 6.54 Å². The summed E-state index contributed by atoms with van der Waals surface area (Å²) < 4.78 is 0.289. The van der Waals surface area contributed by atoms with E-state index in [1.54, 1.807) is 0 Å². The molecule has 1 saturated heterocycles. The van der Waals surface area contributed by atoms with Crippen LogP contribution in [-0.2, 0) is 17.4 Å². The summed E-state index contributed by atoms with van der Waals surface area (Å²) >= 11 is 9.30. The van der Waals surface area contributed by atoms with Crippen molar-refractivity contribution in [2.24, 2.45) is 0 Å². The average molecular weight is 199 g/mol. The fourth-order valence-electron chi connectivity index (χ4n) is 0.841. The van der Waals surface area contributed by atoms with Crippen molar-refractivity contribution in [3.05, 3.63) is 0 Å². The zero-order valence-electron chi connectivity index (χ0n) is 5.79. The Bertz CT molecular complexity index is 162. The molecule has 2 nitrogen and oxygen atoms in total. The van der Waals surface area contributed by atoms with Crippen LogP contribution < -0.4 is 51.4 Å². The van der Waals surface area contributed by atoms with Crippen LogP contribution in [0.15, 0.2) is 0 Å². The molecule has 1 rings (SSSR count). The van der Waals surface area contributed by atoms with E-state index in [0.29, 0.717) is 6.42 Å². The van der Waals surface area contributed by atoms with Gasteiger partial charge in [-0.1, -0.05) is 4.32 Å². The molecule has 0 bridgehead atoms. The summed E-state index contributed by atoms with van der Waals surface area (Å²) in [6.07, 6.45) is 1.51. The molecule has 1 aliphatic rings. The molecule has 5 heteroatoms. The summed E-state index contributed by atoms with van der Waals surface area (Å²) in [5.41, 5.74) is 0. The molecule has 0 N–H and O–H groups in total. The number of carbonyl (C=O) groups is 1. The Kier molecular flexibility index (Phi) is 5.86. The summed E-state index contributed by atoms with van der Waals surface area (Å²) in [5, 5.41) is 0. The fraction of sp³-hybridized carbons (Fsp3) is 0.600. The van der Waals surface area contributed by atoms with E-state index in [2.05, 4.69) is 24.8 Å². The summed E-state index contributed by atoms with van der Waals surface area (Å²) in [6, 6.07) is 0. The molecule has 0 aromatic heterocycles. The van der Waals surface area contributed by atoms with Crippen LogP contribution in [0, 0.1) is 0 Å². The van der Waals surface area contributed by atoms with Gasteiger partial charge < -0.3 is 29.7 Å². The standard InChI is InChI=1S/C5H7NOS2.K/c7-4-2-1-3-6(4)5(8)9;/h1-3H2,(H,8,9);/q;+1/p-1. The summed E-state index contributed by atoms with van der Waals surface area (Å²) in [4.78, 5) is 12.3. The molecule has 1 aliphatic heterocycles. The number of carbonyl (C=O) groups excluding carboxylic acids is 1. The van der Waals surface area contributed by atoms with Crippen LogP contribution in [0.5, 0.6) is 0 Å². The van der Waals surface area contributed by atoms with Crippen LogP contribution in [0.2, 0.25) is 0 Å². The Morgan fingerprint density at radius 3 is 2.50 bits per heavy atom. The third-order valence-corrected chi connectivity index (χ3v) is 1.73. The van der Waals surface area contributed by atoms with Crippen molar-refractivity contribution in [3.63, 3.8) is 0 Å². The molecule has 10 heavy (non-hydrogen) atoms. The second-order valence-electron chi connectivity index (χ2n) is 1.91. The van der Waals surface area contributed by atoms with E-state index in [9.17, 15) is 4.79 Å². The monoisotopic (exact) mass is 199 g/mol. The van der Waals surface area contributed by atoms with Crippen molar-refractivity contribution in [2.45, 2.75) is 12.8 Å². The number of thiocarbonyl (C=S) groups is 1. The molecular formula is C5H6KNOS2. The van der Waals surface area contributed by atoms with Gasteiger partial charge in [-0.15, -0.1) is 0 Å². The third kappa shape index (κ3) is 2.81. The molecule has 0 radical (unpaired) electrons. The van der Waals surface area contributed by atoms with E-state index in [-0.39, 0.29) is 61.6 Å². The number of hydrogen-bond donors (Lipinski definition) is 0. The molecule has 0 aliphatic carbocycles. The molecule has 0 unspecified atom stereocenters. The molecule has 1 fully saturated rings. The van der Waals surface area contributed by atoms with Crippen molar-refractivity contribution >= 4 is 35.1 Å². The van der Waals surface area contributed by atoms with E-state index < -0.39 is 0 Å². The molecule has 1 heterocycles. The predicted octanol–water partition coefficient (Wildman–Crippen LogP) is -2.56. The predicted molar refractivity (Wildman–Crippen MR) is 40.9 cm³/mol. The van der Waals surface area contributed by atoms with Crippen LogP contribution in [0.25, 0.3) is 0 Å². The largest absolute Gasteiger partial charge is 1.00 e. The zero-order chi connectivity index (χ0) is 6.85. The van der Waals surface area contributed by atoms with E-state index in [1.165, 1.54) is 4.90 Å². The first-order valence-corrected chi connectivity index (χ1v) is 3.55. The third-order valence-electron chi connectivity index (χ3n) is 1.29. The molecule has 50 valence electrons. The number of nitrogens with zero attached hydrogens (tertiary/aromatic N) is 1. The van der Waals surface area contributed by atoms with Gasteiger partial charge in [0.05, 0.1) is 0 Å². The fourth-order valence-corrected chi connectivity index (χ4v) is 1.23. The van der Waals surface area contributed by atoms with Gasteiger partial charge >= 0.3 is 51.4 Å². The minimum atomic E-state index is 0. The maximum absolute atomic E-state index is 10.8. The Morgan fingerprint density at radius 1 is 1.70 bits per heavy atom. The van der Waals surface area contributed by atoms with Crippen molar-refractivity contribution in [1.29, 1.82) is 0 Å². The normalized spacial score (nSPS) is 16.8. The zero-order valence-corrected chi connectivity index (χ0v) is 10.5. The smallest absolute Gasteiger partial charge is 0.411 e. The maximum atomic E-state index is 10.8. The summed E-state index contributed by atoms with van der Waals surface area (Å²) in [7, 11) is 0. The van der Waals surface area contributed by atoms with E-state index in [4.69, 9.17) is 0 Å². The number of rotatable bonds is 0. The Morgan fingerprint density at radius 2 is 2.30 bits per heavy atom. The van der Waals surface area contributed by atoms with Gasteiger partial charge in [-0.25, -0.2) is 0 Å². The van der Waals surface area contributed by atoms with Gasteiger partial charge in [0.15, 0.2) is 0 Å². The van der Waals surface area contributed by atoms with Gasteiger partial charge in [-0.05, 0) is 6.42 Å². The molecule has 0 aromatic carbocycles. The number of likely N-dealkylation sites (tertiary alicyclic amines) is 1. The molecule has 0 atom stereocenters. The van der Waals surface area contributed by atoms with Crippen LogP contribution >= 0.6 is 12.2 Å². The Hall–Kier alpha value is 1.42. The van der Waals surface area contributed by atoms with Gasteiger partial charge in [0, 0.05) is 13.0 Å². The maximum Gasteiger partial charge on any atom is 1.00 e. The van der Waals surface area contributed by atoms with Crippen molar-refractivity contribution < 1.29 is 56.2 Å². The number of amides is 1. The average Bonchev–Trinajstić information content (AvgIpc) is 2.13. The van der Waals surface area contributed by atoms with E-state index in [0.717, 1.165) is 13.0 Å². The van der Waals surface area contributed by atoms with Crippen LogP contribution in [0.3, 0.4) is 0 Å². The second-order valence-corrected chi connectivity index (χ2v) is 2.95. The Balaban J connectivity index is 0.000000810. The van der Waals surface area contributed by atoms with Crippen LogP contribution in [0.1, 0.15) is 12.8 Å². The summed E-state index contributed by atoms with van der Waals surface area (Å²) in [6.45, 7) is 0.723. The van der Waals surface area contributed by atoms with Gasteiger partial charge in [0.1, 0.15) is 0 Å². The first-order valence-electron chi connectivity index (χ1n) is 2.73. The van der Waals surface area contributed by atoms with E-state index >= 15 is 0 Å². The first kappa shape index (κ1) is 11.4. The SMILES string of the molecule is O=C1CCCN1C(=S)[S-].[K+]. The van der Waals surface area contributed by atoms with Crippen molar-refractivity contribution in [3.8, 4) is 0 Å². The molecule has 1 amide bonds. The Labute approximate surface area is 114 Å². The minimum Gasteiger partial charge on any atom is -0.411 e. The number of hydrogen-bond acceptors (Lipinski definition) is 3. The topological polar surface area (TPSA) is 20.3 Å². The molecular weight excluding hydrogens is 193 g/mol. The van der Waals surface area contributed by atoms with Crippen molar-refractivity contribution in [1.82, 2.24) is 4.90 Å². The summed E-state index contributed by atoms with van der Waals surface area (Å²) in [5.74, 6) is 0.0787. The quantitative estimate of drug-likeness (QED) is 0.243. The van der Waals surface area contributed by atoms with Gasteiger partial charge in [-0.3, -0.25) is 4.79 Å². The molecule has 0 spiro atoms. The van der Waals surface area contributed by atoms with Crippen LogP contribution in [0.4, 0.5) is 0 Å². The van der Waals surface area contributed by atoms with Crippen LogP contribution in [-0.4, -0.2) is 21.7 Å². The van der Waals surface area contributed by atoms with Gasteiger partial charge in [-0.2, -0.15) is 0 Å². The van der Waals surface area contributed by atoms with E-state index in [1.807, 2.05) is 0 Å². The second kappa shape index (κ2) is 5.13. The molecule has 0 aromatic rings. The minimum absolute atomic E-state index is 0.